The average Bonchev–Trinajstić information content (AvgIpc) is 3.20. The van der Waals surface area contributed by atoms with Crippen molar-refractivity contribution in [3.63, 3.8) is 0 Å². The Kier molecular flexibility index (Phi) is 2.95. The summed E-state index contributed by atoms with van der Waals surface area (Å²) in [4.78, 5) is 3.71. The second-order valence-electron chi connectivity index (χ2n) is 7.12. The van der Waals surface area contributed by atoms with Crippen LogP contribution in [0.1, 0.15) is 0 Å². The van der Waals surface area contributed by atoms with Crippen molar-refractivity contribution in [3.8, 4) is 11.3 Å². The molecular formula is C26H17N. The van der Waals surface area contributed by atoms with E-state index in [2.05, 4.69) is 102 Å². The monoisotopic (exact) mass is 343 g/mol. The fourth-order valence-electron chi connectivity index (χ4n) is 4.28. The van der Waals surface area contributed by atoms with E-state index in [4.69, 9.17) is 0 Å². The van der Waals surface area contributed by atoms with Crippen molar-refractivity contribution in [3.05, 3.63) is 97.1 Å². The molecule has 1 N–H and O–H groups in total. The first-order valence-electron chi connectivity index (χ1n) is 9.30. The second kappa shape index (κ2) is 5.46. The van der Waals surface area contributed by atoms with Crippen molar-refractivity contribution in [2.75, 3.05) is 0 Å². The van der Waals surface area contributed by atoms with Crippen molar-refractivity contribution < 1.29 is 0 Å². The first kappa shape index (κ1) is 14.6. The van der Waals surface area contributed by atoms with Crippen molar-refractivity contribution in [2.45, 2.75) is 0 Å². The summed E-state index contributed by atoms with van der Waals surface area (Å²) in [6.45, 7) is 0. The number of aromatic nitrogens is 1. The zero-order valence-corrected chi connectivity index (χ0v) is 14.7. The van der Waals surface area contributed by atoms with Gasteiger partial charge in [-0.05, 0) is 44.6 Å². The molecule has 0 atom stereocenters. The molecular weight excluding hydrogens is 326 g/mol. The summed E-state index contributed by atoms with van der Waals surface area (Å²) in [6, 6.07) is 34.8. The third-order valence-electron chi connectivity index (χ3n) is 5.58. The molecule has 27 heavy (non-hydrogen) atoms. The van der Waals surface area contributed by atoms with Crippen molar-refractivity contribution in [1.29, 1.82) is 0 Å². The molecule has 126 valence electrons. The molecule has 0 radical (unpaired) electrons. The molecule has 6 rings (SSSR count). The number of fused-ring (bicyclic) bond motifs is 7. The Balaban J connectivity index is 1.72. The number of benzene rings is 5. The number of aromatic amines is 1. The molecule has 1 aromatic heterocycles. The van der Waals surface area contributed by atoms with Gasteiger partial charge in [0.05, 0.1) is 5.52 Å². The standard InChI is InChI=1S/C26H17N/c1-2-8-18-15-19(14-13-17(18)7-1)25-16-24-22-11-4-3-9-20(22)21-10-5-6-12-23(21)26(24)27-25/h1-16,27H. The van der Waals surface area contributed by atoms with Gasteiger partial charge in [-0.25, -0.2) is 0 Å². The van der Waals surface area contributed by atoms with Crippen molar-refractivity contribution >= 4 is 43.2 Å². The lowest BCUT2D eigenvalue weighted by Gasteiger charge is -2.06. The zero-order valence-electron chi connectivity index (χ0n) is 14.7. The number of H-pyrrole nitrogens is 1. The van der Waals surface area contributed by atoms with Gasteiger partial charge in [-0.3, -0.25) is 0 Å². The van der Waals surface area contributed by atoms with Gasteiger partial charge < -0.3 is 4.98 Å². The quantitative estimate of drug-likeness (QED) is 0.302. The van der Waals surface area contributed by atoms with E-state index in [1.54, 1.807) is 0 Å². The van der Waals surface area contributed by atoms with E-state index in [9.17, 15) is 0 Å². The zero-order chi connectivity index (χ0) is 17.8. The highest BCUT2D eigenvalue weighted by molar-refractivity contribution is 6.25. The van der Waals surface area contributed by atoms with E-state index in [0.717, 1.165) is 5.69 Å². The van der Waals surface area contributed by atoms with Gasteiger partial charge in [0.15, 0.2) is 0 Å². The maximum absolute atomic E-state index is 3.71. The number of nitrogens with one attached hydrogen (secondary N) is 1. The number of hydrogen-bond acceptors (Lipinski definition) is 0. The van der Waals surface area contributed by atoms with Crippen LogP contribution in [0.2, 0.25) is 0 Å². The van der Waals surface area contributed by atoms with Gasteiger partial charge in [0, 0.05) is 16.5 Å². The first-order valence-corrected chi connectivity index (χ1v) is 9.30. The maximum Gasteiger partial charge on any atom is 0.0544 e. The predicted molar refractivity (Wildman–Crippen MR) is 116 cm³/mol. The Hall–Kier alpha value is -3.58. The Morgan fingerprint density at radius 3 is 1.81 bits per heavy atom. The van der Waals surface area contributed by atoms with E-state index in [-0.39, 0.29) is 0 Å². The molecule has 0 unspecified atom stereocenters. The van der Waals surface area contributed by atoms with Crippen LogP contribution in [0.15, 0.2) is 97.1 Å². The van der Waals surface area contributed by atoms with Crippen LogP contribution < -0.4 is 0 Å². The Morgan fingerprint density at radius 1 is 0.444 bits per heavy atom. The molecule has 0 spiro atoms. The topological polar surface area (TPSA) is 15.8 Å². The van der Waals surface area contributed by atoms with Crippen molar-refractivity contribution in [1.82, 2.24) is 4.98 Å². The summed E-state index contributed by atoms with van der Waals surface area (Å²) in [5.41, 5.74) is 3.60. The van der Waals surface area contributed by atoms with Crippen LogP contribution in [0.3, 0.4) is 0 Å². The average molecular weight is 343 g/mol. The van der Waals surface area contributed by atoms with Gasteiger partial charge in [0.1, 0.15) is 0 Å². The molecule has 0 aliphatic heterocycles. The summed E-state index contributed by atoms with van der Waals surface area (Å²) in [6.07, 6.45) is 0. The molecule has 1 heterocycles. The van der Waals surface area contributed by atoms with Gasteiger partial charge in [-0.2, -0.15) is 0 Å². The molecule has 0 saturated heterocycles. The second-order valence-corrected chi connectivity index (χ2v) is 7.12. The minimum Gasteiger partial charge on any atom is -0.354 e. The normalized spacial score (nSPS) is 11.7. The van der Waals surface area contributed by atoms with E-state index in [1.807, 2.05) is 0 Å². The summed E-state index contributed by atoms with van der Waals surface area (Å²) >= 11 is 0. The first-order chi connectivity index (χ1) is 13.4. The lowest BCUT2D eigenvalue weighted by atomic mass is 9.98. The summed E-state index contributed by atoms with van der Waals surface area (Å²) < 4.78 is 0. The Morgan fingerprint density at radius 2 is 1.04 bits per heavy atom. The Labute approximate surface area is 156 Å². The van der Waals surface area contributed by atoms with Crippen LogP contribution in [-0.4, -0.2) is 4.98 Å². The number of hydrogen-bond donors (Lipinski definition) is 1. The molecule has 0 saturated carbocycles. The summed E-state index contributed by atoms with van der Waals surface area (Å²) in [7, 11) is 0. The van der Waals surface area contributed by atoms with Gasteiger partial charge in [-0.1, -0.05) is 84.9 Å². The fourth-order valence-corrected chi connectivity index (χ4v) is 4.28. The molecule has 6 aromatic rings. The van der Waals surface area contributed by atoms with Crippen LogP contribution in [0.4, 0.5) is 0 Å². The summed E-state index contributed by atoms with van der Waals surface area (Å²) in [5, 5.41) is 9.01. The van der Waals surface area contributed by atoms with E-state index < -0.39 is 0 Å². The third-order valence-corrected chi connectivity index (χ3v) is 5.58. The van der Waals surface area contributed by atoms with Crippen LogP contribution in [0.5, 0.6) is 0 Å². The predicted octanol–water partition coefficient (Wildman–Crippen LogP) is 7.29. The van der Waals surface area contributed by atoms with Gasteiger partial charge >= 0.3 is 0 Å². The largest absolute Gasteiger partial charge is 0.354 e. The van der Waals surface area contributed by atoms with E-state index >= 15 is 0 Å². The lowest BCUT2D eigenvalue weighted by molar-refractivity contribution is 1.47. The molecule has 0 fully saturated rings. The lowest BCUT2D eigenvalue weighted by Crippen LogP contribution is -1.81. The van der Waals surface area contributed by atoms with Crippen LogP contribution in [0, 0.1) is 0 Å². The highest BCUT2D eigenvalue weighted by atomic mass is 14.7. The third kappa shape index (κ3) is 2.12. The van der Waals surface area contributed by atoms with Crippen molar-refractivity contribution in [2.24, 2.45) is 0 Å². The summed E-state index contributed by atoms with van der Waals surface area (Å²) in [5.74, 6) is 0. The van der Waals surface area contributed by atoms with Crippen LogP contribution in [-0.2, 0) is 0 Å². The highest BCUT2D eigenvalue weighted by Crippen LogP contribution is 2.37. The molecule has 0 aliphatic carbocycles. The molecule has 1 heteroatoms. The molecule has 5 aromatic carbocycles. The SMILES string of the molecule is c1ccc2cc(-c3cc4c5ccccc5c5ccccc5c4[nH]3)ccc2c1. The molecule has 0 amide bonds. The molecule has 0 bridgehead atoms. The van der Waals surface area contributed by atoms with E-state index in [1.165, 1.54) is 48.8 Å². The molecule has 1 nitrogen and oxygen atoms in total. The highest BCUT2D eigenvalue weighted by Gasteiger charge is 2.12. The molecule has 0 aliphatic rings. The Bertz CT molecular complexity index is 1400. The maximum atomic E-state index is 3.71. The van der Waals surface area contributed by atoms with Gasteiger partial charge in [0.25, 0.3) is 0 Å². The number of rotatable bonds is 1. The minimum absolute atomic E-state index is 1.16. The van der Waals surface area contributed by atoms with Crippen LogP contribution >= 0.6 is 0 Å². The van der Waals surface area contributed by atoms with Gasteiger partial charge in [0.2, 0.25) is 0 Å². The van der Waals surface area contributed by atoms with E-state index in [0.29, 0.717) is 0 Å². The minimum atomic E-state index is 1.16. The van der Waals surface area contributed by atoms with Gasteiger partial charge in [-0.15, -0.1) is 0 Å². The fraction of sp³-hybridized carbons (Fsp3) is 0. The smallest absolute Gasteiger partial charge is 0.0544 e. The van der Waals surface area contributed by atoms with Crippen LogP contribution in [0.25, 0.3) is 54.5 Å².